The van der Waals surface area contributed by atoms with Gasteiger partial charge in [0.1, 0.15) is 30.2 Å². The summed E-state index contributed by atoms with van der Waals surface area (Å²) in [5.41, 5.74) is 3.38. The number of fused-ring (bicyclic) bond motifs is 4. The Hall–Kier alpha value is -1.68. The number of hydrogen-bond donors (Lipinski definition) is 4. The number of aromatic nitrogens is 1. The van der Waals surface area contributed by atoms with Gasteiger partial charge in [-0.1, -0.05) is 13.3 Å². The van der Waals surface area contributed by atoms with E-state index in [-0.39, 0.29) is 0 Å². The van der Waals surface area contributed by atoms with Gasteiger partial charge < -0.3 is 34.5 Å². The fourth-order valence-electron chi connectivity index (χ4n) is 7.56. The number of hydrogen-bond acceptors (Lipinski definition) is 7. The molecule has 0 amide bonds. The molecule has 8 heteroatoms. The zero-order chi connectivity index (χ0) is 23.7. The molecule has 34 heavy (non-hydrogen) atoms. The summed E-state index contributed by atoms with van der Waals surface area (Å²) >= 11 is 0. The van der Waals surface area contributed by atoms with E-state index in [2.05, 4.69) is 22.5 Å². The van der Waals surface area contributed by atoms with Gasteiger partial charge >= 0.3 is 0 Å². The van der Waals surface area contributed by atoms with E-state index in [1.165, 1.54) is 17.7 Å². The van der Waals surface area contributed by atoms with Crippen LogP contribution in [0.5, 0.6) is 5.75 Å². The maximum Gasteiger partial charge on any atom is 0.163 e. The van der Waals surface area contributed by atoms with Gasteiger partial charge in [0.2, 0.25) is 0 Å². The normalized spacial score (nSPS) is 41.4. The van der Waals surface area contributed by atoms with E-state index in [1.54, 1.807) is 7.11 Å². The van der Waals surface area contributed by atoms with Crippen LogP contribution in [-0.2, 0) is 11.2 Å². The number of benzene rings is 1. The average molecular weight is 473 g/mol. The Morgan fingerprint density at radius 1 is 1.12 bits per heavy atom. The van der Waals surface area contributed by atoms with Crippen LogP contribution >= 0.6 is 0 Å². The Morgan fingerprint density at radius 2 is 1.94 bits per heavy atom. The van der Waals surface area contributed by atoms with E-state index in [0.717, 1.165) is 49.0 Å². The van der Waals surface area contributed by atoms with Crippen molar-refractivity contribution in [2.45, 2.75) is 75.2 Å². The summed E-state index contributed by atoms with van der Waals surface area (Å²) in [6.07, 6.45) is -1.50. The lowest BCUT2D eigenvalue weighted by Gasteiger charge is -2.54. The second kappa shape index (κ2) is 8.47. The molecule has 4 bridgehead atoms. The van der Waals surface area contributed by atoms with Crippen LogP contribution in [0.15, 0.2) is 18.2 Å². The fraction of sp³-hybridized carbons (Fsp3) is 0.692. The maximum atomic E-state index is 11.1. The Labute approximate surface area is 199 Å². The first kappa shape index (κ1) is 22.8. The minimum Gasteiger partial charge on any atom is -0.497 e. The van der Waals surface area contributed by atoms with Crippen LogP contribution in [-0.4, -0.2) is 87.2 Å². The molecule has 0 radical (unpaired) electrons. The number of ether oxygens (including phenoxy) is 2. The highest BCUT2D eigenvalue weighted by atomic mass is 16.6. The summed E-state index contributed by atoms with van der Waals surface area (Å²) < 4.78 is 13.8. The average Bonchev–Trinajstić information content (AvgIpc) is 3.13. The Bertz CT molecular complexity index is 1070. The van der Waals surface area contributed by atoms with Gasteiger partial charge in [-0.05, 0) is 54.9 Å². The minimum absolute atomic E-state index is 0.306. The summed E-state index contributed by atoms with van der Waals surface area (Å²) in [4.78, 5) is 2.68. The molecule has 186 valence electrons. The number of aliphatic hydroxyl groups is 4. The number of aliphatic hydroxyl groups excluding tert-OH is 4. The van der Waals surface area contributed by atoms with Crippen molar-refractivity contribution in [1.82, 2.24) is 9.47 Å². The highest BCUT2D eigenvalue weighted by molar-refractivity contribution is 5.87. The molecule has 0 spiro atoms. The van der Waals surface area contributed by atoms with E-state index in [0.29, 0.717) is 23.8 Å². The van der Waals surface area contributed by atoms with E-state index >= 15 is 0 Å². The van der Waals surface area contributed by atoms with Crippen molar-refractivity contribution < 1.29 is 29.9 Å². The summed E-state index contributed by atoms with van der Waals surface area (Å²) in [5.74, 6) is 2.38. The second-order valence-corrected chi connectivity index (χ2v) is 10.7. The van der Waals surface area contributed by atoms with Crippen LogP contribution < -0.4 is 4.74 Å². The third kappa shape index (κ3) is 3.20. The first-order valence-electron chi connectivity index (χ1n) is 12.7. The molecule has 3 saturated heterocycles. The van der Waals surface area contributed by atoms with Crippen LogP contribution in [0.3, 0.4) is 0 Å². The van der Waals surface area contributed by atoms with Gasteiger partial charge in [0.25, 0.3) is 0 Å². The molecule has 4 aliphatic heterocycles. The van der Waals surface area contributed by atoms with Crippen LogP contribution in [0.1, 0.15) is 49.6 Å². The van der Waals surface area contributed by atoms with Crippen molar-refractivity contribution in [3.63, 3.8) is 0 Å². The van der Waals surface area contributed by atoms with E-state index < -0.39 is 37.3 Å². The van der Waals surface area contributed by atoms with Gasteiger partial charge in [0.15, 0.2) is 6.23 Å². The molecule has 4 fully saturated rings. The molecule has 2 aromatic rings. The van der Waals surface area contributed by atoms with E-state index in [4.69, 9.17) is 9.47 Å². The van der Waals surface area contributed by atoms with Gasteiger partial charge in [-0.2, -0.15) is 0 Å². The van der Waals surface area contributed by atoms with Crippen molar-refractivity contribution >= 4 is 10.9 Å². The van der Waals surface area contributed by atoms with Gasteiger partial charge in [0.05, 0.1) is 19.2 Å². The van der Waals surface area contributed by atoms with Crippen LogP contribution in [0.4, 0.5) is 0 Å². The molecule has 1 aromatic carbocycles. The fourth-order valence-corrected chi connectivity index (χ4v) is 7.56. The van der Waals surface area contributed by atoms with E-state index in [9.17, 15) is 20.4 Å². The lowest BCUT2D eigenvalue weighted by molar-refractivity contribution is -0.251. The predicted octanol–water partition coefficient (Wildman–Crippen LogP) is 1.38. The number of methoxy groups -OCH3 is 1. The van der Waals surface area contributed by atoms with Crippen LogP contribution in [0.2, 0.25) is 0 Å². The van der Waals surface area contributed by atoms with Gasteiger partial charge in [0, 0.05) is 36.1 Å². The Morgan fingerprint density at radius 3 is 2.68 bits per heavy atom. The van der Waals surface area contributed by atoms with Crippen molar-refractivity contribution in [1.29, 1.82) is 0 Å². The molecule has 5 heterocycles. The molecule has 1 aliphatic carbocycles. The smallest absolute Gasteiger partial charge is 0.163 e. The molecular weight excluding hydrogens is 436 g/mol. The van der Waals surface area contributed by atoms with Gasteiger partial charge in [-0.25, -0.2) is 0 Å². The lowest BCUT2D eigenvalue weighted by atomic mass is 9.65. The van der Waals surface area contributed by atoms with Gasteiger partial charge in [-0.3, -0.25) is 4.90 Å². The monoisotopic (exact) mass is 472 g/mol. The van der Waals surface area contributed by atoms with Crippen LogP contribution in [0, 0.1) is 11.8 Å². The number of nitrogens with zero attached hydrogens (tertiary/aromatic N) is 2. The summed E-state index contributed by atoms with van der Waals surface area (Å²) in [6.45, 7) is 4.02. The summed E-state index contributed by atoms with van der Waals surface area (Å²) in [7, 11) is 1.66. The third-order valence-electron chi connectivity index (χ3n) is 9.04. The molecule has 1 aromatic heterocycles. The Kier molecular flexibility index (Phi) is 5.67. The lowest BCUT2D eigenvalue weighted by Crippen LogP contribution is -2.58. The molecule has 7 rings (SSSR count). The van der Waals surface area contributed by atoms with Crippen molar-refractivity contribution in [2.24, 2.45) is 11.8 Å². The third-order valence-corrected chi connectivity index (χ3v) is 9.04. The molecule has 8 nitrogen and oxygen atoms in total. The zero-order valence-corrected chi connectivity index (χ0v) is 19.9. The molecule has 10 atom stereocenters. The van der Waals surface area contributed by atoms with Gasteiger partial charge in [-0.15, -0.1) is 0 Å². The zero-order valence-electron chi connectivity index (χ0n) is 19.9. The first-order chi connectivity index (χ1) is 16.5. The second-order valence-electron chi connectivity index (χ2n) is 10.7. The Balaban J connectivity index is 1.57. The topological polar surface area (TPSA) is 108 Å². The van der Waals surface area contributed by atoms with E-state index in [1.807, 2.05) is 12.1 Å². The highest BCUT2D eigenvalue weighted by Crippen LogP contribution is 2.53. The minimum atomic E-state index is -1.41. The molecular formula is C26H36N2O6. The van der Waals surface area contributed by atoms with Crippen molar-refractivity contribution in [3.8, 4) is 5.75 Å². The number of piperidine rings is 2. The summed E-state index contributed by atoms with van der Waals surface area (Å²) in [6, 6.07) is 6.43. The van der Waals surface area contributed by atoms with Crippen LogP contribution in [0.25, 0.3) is 10.9 Å². The molecule has 1 saturated carbocycles. The largest absolute Gasteiger partial charge is 0.497 e. The predicted molar refractivity (Wildman–Crippen MR) is 126 cm³/mol. The standard InChI is InChI=1S/C26H36N2O6/c1-3-14-8-13-9-18-21(14)27(11-13)7-6-16-17-10-15(33-2)4-5-19(17)28(22(16)18)26-25(32)24(31)23(30)20(12-29)34-26/h4-5,10,13-14,18,20-21,23-26,29-32H,3,6-9,11-12H2,1-2H3/t13-,14-,18+,20-,21?,23+,24-,25?,26-/m0/s1. The summed E-state index contributed by atoms with van der Waals surface area (Å²) in [5, 5.41) is 43.0. The molecule has 3 unspecified atom stereocenters. The van der Waals surface area contributed by atoms with Crippen molar-refractivity contribution in [2.75, 3.05) is 26.8 Å². The molecule has 5 aliphatic rings. The first-order valence-corrected chi connectivity index (χ1v) is 12.7. The quantitative estimate of drug-likeness (QED) is 0.533. The SMILES string of the molecule is CC[C@H]1C[C@H]2C[C@H]3c4c(c5cc(OC)ccc5n4[C@H]4O[C@@H](CO)[C@@H](O)[C@H](O)C4O)CCN(C2)C13. The number of rotatable bonds is 4. The highest BCUT2D eigenvalue weighted by Gasteiger charge is 2.51. The molecule has 4 N–H and O–H groups in total. The maximum absolute atomic E-state index is 11.1. The van der Waals surface area contributed by atoms with Crippen molar-refractivity contribution in [3.05, 3.63) is 29.5 Å².